The van der Waals surface area contributed by atoms with Gasteiger partial charge in [-0.3, -0.25) is 0 Å². The van der Waals surface area contributed by atoms with Crippen LogP contribution in [-0.2, 0) is 11.3 Å². The Morgan fingerprint density at radius 3 is 2.47 bits per heavy atom. The van der Waals surface area contributed by atoms with Gasteiger partial charge in [-0.1, -0.05) is 68.7 Å². The Labute approximate surface area is 118 Å². The van der Waals surface area contributed by atoms with Gasteiger partial charge in [-0.25, -0.2) is 0 Å². The van der Waals surface area contributed by atoms with E-state index >= 15 is 0 Å². The zero-order valence-corrected chi connectivity index (χ0v) is 12.9. The van der Waals surface area contributed by atoms with Crippen molar-refractivity contribution in [3.8, 4) is 0 Å². The minimum absolute atomic E-state index is 0.329. The standard InChI is InChI=1S/C18H28O/c1-5-6-12-18(16(4)13-15(2)3)19-14-17-10-8-7-9-11-17/h7-11,13,16,18H,5-6,12,14H2,1-4H3/t16-,18+/m1/s1. The van der Waals surface area contributed by atoms with E-state index in [1.165, 1.54) is 24.0 Å². The first-order valence-corrected chi connectivity index (χ1v) is 7.44. The summed E-state index contributed by atoms with van der Waals surface area (Å²) in [6, 6.07) is 10.4. The molecule has 0 saturated carbocycles. The first kappa shape index (κ1) is 16.0. The summed E-state index contributed by atoms with van der Waals surface area (Å²) in [7, 11) is 0. The van der Waals surface area contributed by atoms with Crippen molar-refractivity contribution in [3.63, 3.8) is 0 Å². The van der Waals surface area contributed by atoms with E-state index in [0.29, 0.717) is 12.0 Å². The van der Waals surface area contributed by atoms with E-state index < -0.39 is 0 Å². The van der Waals surface area contributed by atoms with E-state index in [4.69, 9.17) is 4.74 Å². The minimum atomic E-state index is 0.329. The van der Waals surface area contributed by atoms with Crippen molar-refractivity contribution in [2.75, 3.05) is 0 Å². The molecule has 0 heterocycles. The first-order valence-electron chi connectivity index (χ1n) is 7.44. The molecule has 0 spiro atoms. The molecule has 0 bridgehead atoms. The fourth-order valence-corrected chi connectivity index (χ4v) is 2.31. The van der Waals surface area contributed by atoms with Crippen LogP contribution in [0.3, 0.4) is 0 Å². The predicted molar refractivity (Wildman–Crippen MR) is 83.1 cm³/mol. The number of rotatable bonds is 8. The summed E-state index contributed by atoms with van der Waals surface area (Å²) in [6.45, 7) is 9.53. The molecule has 0 fully saturated rings. The summed E-state index contributed by atoms with van der Waals surface area (Å²) in [5.41, 5.74) is 2.63. The highest BCUT2D eigenvalue weighted by Crippen LogP contribution is 2.19. The number of allylic oxidation sites excluding steroid dienone is 1. The van der Waals surface area contributed by atoms with Crippen molar-refractivity contribution in [3.05, 3.63) is 47.5 Å². The second kappa shape index (κ2) is 8.92. The molecule has 0 aliphatic rings. The van der Waals surface area contributed by atoms with Crippen LogP contribution >= 0.6 is 0 Å². The Hall–Kier alpha value is -1.08. The Morgan fingerprint density at radius 2 is 1.89 bits per heavy atom. The van der Waals surface area contributed by atoms with Crippen molar-refractivity contribution in [1.82, 2.24) is 0 Å². The fraction of sp³-hybridized carbons (Fsp3) is 0.556. The van der Waals surface area contributed by atoms with Crippen LogP contribution < -0.4 is 0 Å². The summed E-state index contributed by atoms with van der Waals surface area (Å²) in [5.74, 6) is 0.486. The highest BCUT2D eigenvalue weighted by atomic mass is 16.5. The van der Waals surface area contributed by atoms with Crippen molar-refractivity contribution in [2.24, 2.45) is 5.92 Å². The number of hydrogen-bond donors (Lipinski definition) is 0. The zero-order chi connectivity index (χ0) is 14.1. The van der Waals surface area contributed by atoms with E-state index in [1.807, 2.05) is 6.07 Å². The zero-order valence-electron chi connectivity index (χ0n) is 12.9. The van der Waals surface area contributed by atoms with Crippen LogP contribution in [0.25, 0.3) is 0 Å². The van der Waals surface area contributed by atoms with Gasteiger partial charge in [0.1, 0.15) is 0 Å². The summed E-state index contributed by atoms with van der Waals surface area (Å²) in [4.78, 5) is 0. The number of benzene rings is 1. The van der Waals surface area contributed by atoms with Gasteiger partial charge >= 0.3 is 0 Å². The molecule has 2 atom stereocenters. The average molecular weight is 260 g/mol. The Bertz CT molecular complexity index is 363. The van der Waals surface area contributed by atoms with Crippen LogP contribution in [0.2, 0.25) is 0 Å². The van der Waals surface area contributed by atoms with Gasteiger partial charge in [0.2, 0.25) is 0 Å². The lowest BCUT2D eigenvalue weighted by molar-refractivity contribution is 0.0110. The third-order valence-electron chi connectivity index (χ3n) is 3.33. The van der Waals surface area contributed by atoms with Crippen LogP contribution in [0.4, 0.5) is 0 Å². The predicted octanol–water partition coefficient (Wildman–Crippen LogP) is 5.36. The Balaban J connectivity index is 2.56. The van der Waals surface area contributed by atoms with Crippen molar-refractivity contribution in [2.45, 2.75) is 59.7 Å². The van der Waals surface area contributed by atoms with E-state index in [1.54, 1.807) is 0 Å². The van der Waals surface area contributed by atoms with Gasteiger partial charge < -0.3 is 4.74 Å². The molecular weight excluding hydrogens is 232 g/mol. The molecule has 1 aromatic carbocycles. The second-order valence-electron chi connectivity index (χ2n) is 5.58. The van der Waals surface area contributed by atoms with E-state index in [-0.39, 0.29) is 0 Å². The molecule has 0 unspecified atom stereocenters. The molecule has 0 radical (unpaired) electrons. The van der Waals surface area contributed by atoms with Crippen LogP contribution in [-0.4, -0.2) is 6.10 Å². The maximum Gasteiger partial charge on any atom is 0.0720 e. The molecule has 1 nitrogen and oxygen atoms in total. The van der Waals surface area contributed by atoms with Crippen molar-refractivity contribution >= 4 is 0 Å². The van der Waals surface area contributed by atoms with Gasteiger partial charge in [0.15, 0.2) is 0 Å². The second-order valence-corrected chi connectivity index (χ2v) is 5.58. The number of unbranched alkanes of at least 4 members (excludes halogenated alkanes) is 1. The molecule has 0 N–H and O–H groups in total. The SMILES string of the molecule is CCCC[C@H](OCc1ccccc1)[C@H](C)C=C(C)C. The number of hydrogen-bond acceptors (Lipinski definition) is 1. The first-order chi connectivity index (χ1) is 9.13. The molecule has 19 heavy (non-hydrogen) atoms. The normalized spacial score (nSPS) is 13.9. The summed E-state index contributed by atoms with van der Waals surface area (Å²) < 4.78 is 6.15. The minimum Gasteiger partial charge on any atom is -0.373 e. The van der Waals surface area contributed by atoms with Crippen LogP contribution in [0, 0.1) is 5.92 Å². The summed E-state index contributed by atoms with van der Waals surface area (Å²) in [5, 5.41) is 0. The molecule has 106 valence electrons. The van der Waals surface area contributed by atoms with Gasteiger partial charge in [-0.05, 0) is 25.8 Å². The van der Waals surface area contributed by atoms with Crippen LogP contribution in [0.1, 0.15) is 52.5 Å². The van der Waals surface area contributed by atoms with Gasteiger partial charge in [-0.2, -0.15) is 0 Å². The largest absolute Gasteiger partial charge is 0.373 e. The van der Waals surface area contributed by atoms with E-state index in [2.05, 4.69) is 58.0 Å². The maximum atomic E-state index is 6.15. The maximum absolute atomic E-state index is 6.15. The summed E-state index contributed by atoms with van der Waals surface area (Å²) in [6.07, 6.45) is 6.27. The Kier molecular flexibility index (Phi) is 7.50. The molecule has 1 heteroatoms. The van der Waals surface area contributed by atoms with E-state index in [9.17, 15) is 0 Å². The van der Waals surface area contributed by atoms with Crippen molar-refractivity contribution in [1.29, 1.82) is 0 Å². The smallest absolute Gasteiger partial charge is 0.0720 e. The molecule has 1 aromatic rings. The lowest BCUT2D eigenvalue weighted by Crippen LogP contribution is -2.20. The molecular formula is C18H28O. The van der Waals surface area contributed by atoms with Gasteiger partial charge in [0, 0.05) is 5.92 Å². The van der Waals surface area contributed by atoms with Gasteiger partial charge in [-0.15, -0.1) is 0 Å². The molecule has 1 rings (SSSR count). The van der Waals surface area contributed by atoms with Crippen molar-refractivity contribution < 1.29 is 4.74 Å². The molecule has 0 saturated heterocycles. The van der Waals surface area contributed by atoms with Gasteiger partial charge in [0.25, 0.3) is 0 Å². The third-order valence-corrected chi connectivity index (χ3v) is 3.33. The summed E-state index contributed by atoms with van der Waals surface area (Å²) >= 11 is 0. The average Bonchev–Trinajstić information content (AvgIpc) is 2.39. The third kappa shape index (κ3) is 6.58. The highest BCUT2D eigenvalue weighted by molar-refractivity contribution is 5.13. The number of ether oxygens (including phenoxy) is 1. The molecule has 0 aromatic heterocycles. The monoisotopic (exact) mass is 260 g/mol. The topological polar surface area (TPSA) is 9.23 Å². The molecule has 0 aliphatic carbocycles. The lowest BCUT2D eigenvalue weighted by Gasteiger charge is -2.22. The quantitative estimate of drug-likeness (QED) is 0.571. The van der Waals surface area contributed by atoms with Crippen LogP contribution in [0.5, 0.6) is 0 Å². The van der Waals surface area contributed by atoms with Crippen LogP contribution in [0.15, 0.2) is 42.0 Å². The molecule has 0 aliphatic heterocycles. The van der Waals surface area contributed by atoms with E-state index in [0.717, 1.165) is 13.0 Å². The fourth-order valence-electron chi connectivity index (χ4n) is 2.31. The molecule has 0 amide bonds. The lowest BCUT2D eigenvalue weighted by atomic mass is 9.97. The Morgan fingerprint density at radius 1 is 1.21 bits per heavy atom. The van der Waals surface area contributed by atoms with Gasteiger partial charge in [0.05, 0.1) is 12.7 Å². The highest BCUT2D eigenvalue weighted by Gasteiger charge is 2.15.